The van der Waals surface area contributed by atoms with Crippen LogP contribution in [0.3, 0.4) is 0 Å². The number of hydrogen-bond donors (Lipinski definition) is 1. The van der Waals surface area contributed by atoms with Gasteiger partial charge in [-0.2, -0.15) is 5.10 Å². The second-order valence-electron chi connectivity index (χ2n) is 6.40. The predicted octanol–water partition coefficient (Wildman–Crippen LogP) is 0.860. The molecule has 1 N–H and O–H groups in total. The summed E-state index contributed by atoms with van der Waals surface area (Å²) in [5, 5.41) is 14.9. The highest BCUT2D eigenvalue weighted by Gasteiger charge is 2.35. The Morgan fingerprint density at radius 1 is 1.40 bits per heavy atom. The molecule has 1 aromatic carbocycles. The van der Waals surface area contributed by atoms with E-state index in [0.29, 0.717) is 18.9 Å². The first-order valence-electron chi connectivity index (χ1n) is 8.29. The maximum absolute atomic E-state index is 12.5. The van der Waals surface area contributed by atoms with Crippen LogP contribution in [0.2, 0.25) is 0 Å². The average molecular weight is 345 g/mol. The largest absolute Gasteiger partial charge is 0.490 e. The highest BCUT2D eigenvalue weighted by Crippen LogP contribution is 2.17. The molecule has 25 heavy (non-hydrogen) atoms. The molecule has 134 valence electrons. The van der Waals surface area contributed by atoms with Crippen molar-refractivity contribution in [3.05, 3.63) is 48.3 Å². The van der Waals surface area contributed by atoms with E-state index in [1.54, 1.807) is 28.0 Å². The van der Waals surface area contributed by atoms with Crippen LogP contribution in [0, 0.1) is 6.92 Å². The van der Waals surface area contributed by atoms with Crippen molar-refractivity contribution in [3.8, 4) is 5.75 Å². The normalized spacial score (nSPS) is 21.0. The quantitative estimate of drug-likeness (QED) is 0.870. The number of hydrogen-bond acceptors (Lipinski definition) is 5. The van der Waals surface area contributed by atoms with Crippen LogP contribution in [0.25, 0.3) is 0 Å². The number of aromatic nitrogens is 2. The Balaban J connectivity index is 1.61. The second kappa shape index (κ2) is 7.67. The fourth-order valence-corrected chi connectivity index (χ4v) is 2.70. The van der Waals surface area contributed by atoms with Crippen LogP contribution < -0.4 is 4.74 Å². The topological polar surface area (TPSA) is 76.8 Å². The predicted molar refractivity (Wildman–Crippen MR) is 91.2 cm³/mol. The van der Waals surface area contributed by atoms with Gasteiger partial charge in [0.2, 0.25) is 5.91 Å². The summed E-state index contributed by atoms with van der Waals surface area (Å²) in [7, 11) is 0. The number of rotatable bonds is 5. The lowest BCUT2D eigenvalue weighted by Gasteiger charge is -2.30. The lowest BCUT2D eigenvalue weighted by atomic mass is 10.1. The molecule has 1 fully saturated rings. The van der Waals surface area contributed by atoms with Crippen molar-refractivity contribution >= 4 is 5.91 Å². The van der Waals surface area contributed by atoms with Crippen LogP contribution in [0.15, 0.2) is 42.7 Å². The fraction of sp³-hybridized carbons (Fsp3) is 0.444. The van der Waals surface area contributed by atoms with E-state index in [1.807, 2.05) is 31.2 Å². The molecule has 2 aromatic rings. The monoisotopic (exact) mass is 345 g/mol. The molecule has 0 saturated carbocycles. The van der Waals surface area contributed by atoms with Crippen molar-refractivity contribution in [1.82, 2.24) is 14.7 Å². The first-order chi connectivity index (χ1) is 12.0. The molecule has 0 bridgehead atoms. The number of carbonyl (C=O) groups is 1. The number of amides is 1. The van der Waals surface area contributed by atoms with Gasteiger partial charge < -0.3 is 19.5 Å². The van der Waals surface area contributed by atoms with Gasteiger partial charge in [-0.3, -0.25) is 9.48 Å². The molecule has 1 atom stereocenters. The van der Waals surface area contributed by atoms with Crippen LogP contribution in [0.5, 0.6) is 5.75 Å². The minimum Gasteiger partial charge on any atom is -0.490 e. The van der Waals surface area contributed by atoms with E-state index in [4.69, 9.17) is 9.47 Å². The van der Waals surface area contributed by atoms with E-state index in [0.717, 1.165) is 5.56 Å². The number of aryl methyl sites for hydroxylation is 1. The van der Waals surface area contributed by atoms with E-state index < -0.39 is 5.60 Å². The molecule has 1 aromatic heterocycles. The van der Waals surface area contributed by atoms with E-state index in [-0.39, 0.29) is 32.2 Å². The maximum Gasteiger partial charge on any atom is 0.244 e. The Morgan fingerprint density at radius 3 is 2.92 bits per heavy atom. The number of β-amino-alcohol motifs (C(OH)–C–C–N with tert-alkyl or cyclic N) is 1. The van der Waals surface area contributed by atoms with Gasteiger partial charge in [0.15, 0.2) is 0 Å². The first-order valence-corrected chi connectivity index (χ1v) is 8.29. The third kappa shape index (κ3) is 4.80. The third-order valence-corrected chi connectivity index (χ3v) is 4.10. The zero-order valence-corrected chi connectivity index (χ0v) is 14.3. The second-order valence-corrected chi connectivity index (χ2v) is 6.40. The number of aliphatic hydroxyl groups is 1. The zero-order chi connectivity index (χ0) is 17.7. The molecular weight excluding hydrogens is 322 g/mol. The van der Waals surface area contributed by atoms with Gasteiger partial charge in [-0.15, -0.1) is 0 Å². The molecule has 3 rings (SSSR count). The SMILES string of the molecule is Cc1ccc(OC[C@]2(O)COCCN(C(=O)Cn3cccn3)C2)cc1. The molecule has 0 spiro atoms. The van der Waals surface area contributed by atoms with Crippen LogP contribution in [0.1, 0.15) is 5.56 Å². The average Bonchev–Trinajstić information content (AvgIpc) is 3.02. The van der Waals surface area contributed by atoms with Crippen molar-refractivity contribution in [1.29, 1.82) is 0 Å². The molecule has 1 aliphatic rings. The fourth-order valence-electron chi connectivity index (χ4n) is 2.70. The zero-order valence-electron chi connectivity index (χ0n) is 14.3. The van der Waals surface area contributed by atoms with Gasteiger partial charge in [0.1, 0.15) is 24.5 Å². The summed E-state index contributed by atoms with van der Waals surface area (Å²) in [6.07, 6.45) is 3.36. The Bertz CT molecular complexity index is 687. The molecule has 0 unspecified atom stereocenters. The summed E-state index contributed by atoms with van der Waals surface area (Å²) in [5.74, 6) is 0.570. The van der Waals surface area contributed by atoms with Gasteiger partial charge in [-0.1, -0.05) is 17.7 Å². The minimum absolute atomic E-state index is 0.0572. The Hall–Kier alpha value is -2.38. The Kier molecular flexibility index (Phi) is 5.35. The Labute approximate surface area is 146 Å². The minimum atomic E-state index is -1.25. The van der Waals surface area contributed by atoms with Gasteiger partial charge in [0.05, 0.1) is 19.8 Å². The van der Waals surface area contributed by atoms with Gasteiger partial charge in [-0.05, 0) is 25.1 Å². The van der Waals surface area contributed by atoms with Gasteiger partial charge in [0.25, 0.3) is 0 Å². The highest BCUT2D eigenvalue weighted by molar-refractivity contribution is 5.76. The van der Waals surface area contributed by atoms with Crippen molar-refractivity contribution < 1.29 is 19.4 Å². The van der Waals surface area contributed by atoms with E-state index >= 15 is 0 Å². The summed E-state index contributed by atoms with van der Waals surface area (Å²) >= 11 is 0. The van der Waals surface area contributed by atoms with Crippen LogP contribution in [0.4, 0.5) is 0 Å². The molecular formula is C18H23N3O4. The summed E-state index contributed by atoms with van der Waals surface area (Å²) in [4.78, 5) is 14.1. The van der Waals surface area contributed by atoms with Gasteiger partial charge in [0, 0.05) is 18.9 Å². The van der Waals surface area contributed by atoms with E-state index in [9.17, 15) is 9.90 Å². The molecule has 1 aliphatic heterocycles. The summed E-state index contributed by atoms with van der Waals surface area (Å²) < 4.78 is 12.8. The Morgan fingerprint density at radius 2 is 2.20 bits per heavy atom. The molecule has 7 nitrogen and oxygen atoms in total. The number of nitrogens with zero attached hydrogens (tertiary/aromatic N) is 3. The van der Waals surface area contributed by atoms with Crippen LogP contribution >= 0.6 is 0 Å². The number of carbonyl (C=O) groups excluding carboxylic acids is 1. The maximum atomic E-state index is 12.5. The van der Waals surface area contributed by atoms with E-state index in [1.165, 1.54) is 0 Å². The molecule has 2 heterocycles. The lowest BCUT2D eigenvalue weighted by Crippen LogP contribution is -2.50. The third-order valence-electron chi connectivity index (χ3n) is 4.10. The standard InChI is InChI=1S/C18H23N3O4/c1-15-3-5-16(6-4-15)25-14-18(23)12-20(9-10-24-13-18)17(22)11-21-8-2-7-19-21/h2-8,23H,9-14H2,1H3/t18-/m1/s1. The van der Waals surface area contributed by atoms with Crippen LogP contribution in [-0.4, -0.2) is 64.2 Å². The first kappa shape index (κ1) is 17.4. The summed E-state index contributed by atoms with van der Waals surface area (Å²) in [6.45, 7) is 3.32. The van der Waals surface area contributed by atoms with Gasteiger partial charge >= 0.3 is 0 Å². The van der Waals surface area contributed by atoms with E-state index in [2.05, 4.69) is 5.10 Å². The van der Waals surface area contributed by atoms with Crippen molar-refractivity contribution in [3.63, 3.8) is 0 Å². The van der Waals surface area contributed by atoms with Crippen molar-refractivity contribution in [2.45, 2.75) is 19.1 Å². The smallest absolute Gasteiger partial charge is 0.244 e. The summed E-state index contributed by atoms with van der Waals surface area (Å²) in [6, 6.07) is 9.38. The number of benzene rings is 1. The van der Waals surface area contributed by atoms with Crippen LogP contribution in [-0.2, 0) is 16.1 Å². The highest BCUT2D eigenvalue weighted by atomic mass is 16.5. The number of ether oxygens (including phenoxy) is 2. The lowest BCUT2D eigenvalue weighted by molar-refractivity contribution is -0.135. The van der Waals surface area contributed by atoms with Crippen molar-refractivity contribution in [2.75, 3.05) is 32.9 Å². The molecule has 0 aliphatic carbocycles. The molecule has 1 amide bonds. The molecule has 0 radical (unpaired) electrons. The van der Waals surface area contributed by atoms with Gasteiger partial charge in [-0.25, -0.2) is 0 Å². The van der Waals surface area contributed by atoms with Crippen molar-refractivity contribution in [2.24, 2.45) is 0 Å². The molecule has 1 saturated heterocycles. The molecule has 7 heteroatoms. The summed E-state index contributed by atoms with van der Waals surface area (Å²) in [5.41, 5.74) is -0.111.